The molecule has 0 aromatic carbocycles. The highest BCUT2D eigenvalue weighted by Crippen LogP contribution is 2.22. The Morgan fingerprint density at radius 1 is 1.38 bits per heavy atom. The van der Waals surface area contributed by atoms with Crippen molar-refractivity contribution in [2.45, 2.75) is 31.8 Å². The summed E-state index contributed by atoms with van der Waals surface area (Å²) >= 11 is 0. The Kier molecular flexibility index (Phi) is 3.50. The van der Waals surface area contributed by atoms with Gasteiger partial charge in [0.2, 0.25) is 5.91 Å². The van der Waals surface area contributed by atoms with Crippen LogP contribution >= 0.6 is 0 Å². The summed E-state index contributed by atoms with van der Waals surface area (Å²) in [5, 5.41) is 3.35. The van der Waals surface area contributed by atoms with Crippen LogP contribution in [0, 0.1) is 5.92 Å². The smallest absolute Gasteiger partial charge is 0.227 e. The molecule has 0 radical (unpaired) electrons. The van der Waals surface area contributed by atoms with Crippen LogP contribution in [0.5, 0.6) is 0 Å². The zero-order chi connectivity index (χ0) is 11.7. The lowest BCUT2D eigenvalue weighted by Crippen LogP contribution is -2.40. The number of nitrogens with one attached hydrogen (secondary N) is 1. The van der Waals surface area contributed by atoms with Crippen molar-refractivity contribution < 1.29 is 4.79 Å². The minimum atomic E-state index is 0.209. The summed E-state index contributed by atoms with van der Waals surface area (Å²) in [5.41, 5.74) is 0. The second kappa shape index (κ2) is 4.72. The molecule has 3 unspecified atom stereocenters. The summed E-state index contributed by atoms with van der Waals surface area (Å²) in [6.45, 7) is 4.96. The van der Waals surface area contributed by atoms with Gasteiger partial charge >= 0.3 is 0 Å². The number of amides is 1. The summed E-state index contributed by atoms with van der Waals surface area (Å²) in [7, 11) is 4.19. The van der Waals surface area contributed by atoms with Crippen molar-refractivity contribution >= 4 is 5.91 Å². The zero-order valence-corrected chi connectivity index (χ0v) is 10.6. The Morgan fingerprint density at radius 2 is 2.12 bits per heavy atom. The standard InChI is InChI=1S/C12H23N3O/c1-9-11(4-6-13-9)12(16)15-7-5-10(8-15)14(2)3/h9-11,13H,4-8H2,1-3H3. The molecule has 16 heavy (non-hydrogen) atoms. The monoisotopic (exact) mass is 225 g/mol. The van der Waals surface area contributed by atoms with Gasteiger partial charge < -0.3 is 15.1 Å². The highest BCUT2D eigenvalue weighted by atomic mass is 16.2. The first-order valence-corrected chi connectivity index (χ1v) is 6.28. The van der Waals surface area contributed by atoms with E-state index >= 15 is 0 Å². The third kappa shape index (κ3) is 2.23. The van der Waals surface area contributed by atoms with Crippen LogP contribution in [0.2, 0.25) is 0 Å². The van der Waals surface area contributed by atoms with Gasteiger partial charge in [0.25, 0.3) is 0 Å². The first-order valence-electron chi connectivity index (χ1n) is 6.28. The molecule has 0 aromatic rings. The molecule has 4 nitrogen and oxygen atoms in total. The number of rotatable bonds is 2. The fourth-order valence-corrected chi connectivity index (χ4v) is 2.79. The average Bonchev–Trinajstić information content (AvgIpc) is 2.84. The average molecular weight is 225 g/mol. The normalized spacial score (nSPS) is 35.0. The van der Waals surface area contributed by atoms with Crippen molar-refractivity contribution in [1.29, 1.82) is 0 Å². The van der Waals surface area contributed by atoms with Crippen LogP contribution in [0.25, 0.3) is 0 Å². The third-order valence-electron chi connectivity index (χ3n) is 4.05. The van der Waals surface area contributed by atoms with Crippen molar-refractivity contribution in [2.24, 2.45) is 5.92 Å². The van der Waals surface area contributed by atoms with Crippen molar-refractivity contribution in [3.63, 3.8) is 0 Å². The number of likely N-dealkylation sites (tertiary alicyclic amines) is 1. The Balaban J connectivity index is 1.91. The molecule has 2 rings (SSSR count). The molecule has 2 aliphatic rings. The fraction of sp³-hybridized carbons (Fsp3) is 0.917. The quantitative estimate of drug-likeness (QED) is 0.726. The molecule has 2 aliphatic heterocycles. The molecule has 4 heteroatoms. The molecule has 0 bridgehead atoms. The van der Waals surface area contributed by atoms with Crippen molar-refractivity contribution in [3.8, 4) is 0 Å². The van der Waals surface area contributed by atoms with Gasteiger partial charge in [-0.15, -0.1) is 0 Å². The minimum Gasteiger partial charge on any atom is -0.341 e. The van der Waals surface area contributed by atoms with E-state index in [0.29, 0.717) is 18.0 Å². The molecule has 1 amide bonds. The van der Waals surface area contributed by atoms with Gasteiger partial charge in [0.15, 0.2) is 0 Å². The lowest BCUT2D eigenvalue weighted by atomic mass is 10.0. The van der Waals surface area contributed by atoms with Gasteiger partial charge in [-0.2, -0.15) is 0 Å². The van der Waals surface area contributed by atoms with Crippen LogP contribution < -0.4 is 5.32 Å². The molecule has 2 fully saturated rings. The Bertz CT molecular complexity index is 267. The van der Waals surface area contributed by atoms with E-state index in [0.717, 1.165) is 32.5 Å². The van der Waals surface area contributed by atoms with E-state index in [1.54, 1.807) is 0 Å². The van der Waals surface area contributed by atoms with Crippen molar-refractivity contribution in [2.75, 3.05) is 33.7 Å². The molecule has 0 aromatic heterocycles. The zero-order valence-electron chi connectivity index (χ0n) is 10.6. The molecule has 92 valence electrons. The summed E-state index contributed by atoms with van der Waals surface area (Å²) in [5.74, 6) is 0.572. The molecule has 2 saturated heterocycles. The Morgan fingerprint density at radius 3 is 2.62 bits per heavy atom. The maximum Gasteiger partial charge on any atom is 0.227 e. The van der Waals surface area contributed by atoms with Gasteiger partial charge in [-0.3, -0.25) is 4.79 Å². The summed E-state index contributed by atoms with van der Waals surface area (Å²) < 4.78 is 0. The second-order valence-corrected chi connectivity index (χ2v) is 5.33. The summed E-state index contributed by atoms with van der Waals surface area (Å²) in [4.78, 5) is 16.6. The van der Waals surface area contributed by atoms with Crippen LogP contribution in [0.3, 0.4) is 0 Å². The number of likely N-dealkylation sites (N-methyl/N-ethyl adjacent to an activating group) is 1. The van der Waals surface area contributed by atoms with E-state index in [2.05, 4.69) is 36.1 Å². The first kappa shape index (κ1) is 11.9. The van der Waals surface area contributed by atoms with Gasteiger partial charge in [-0.1, -0.05) is 0 Å². The van der Waals surface area contributed by atoms with Crippen LogP contribution in [0.4, 0.5) is 0 Å². The fourth-order valence-electron chi connectivity index (χ4n) is 2.79. The molecule has 0 aliphatic carbocycles. The van der Waals surface area contributed by atoms with Crippen LogP contribution in [-0.2, 0) is 4.79 Å². The second-order valence-electron chi connectivity index (χ2n) is 5.33. The maximum absolute atomic E-state index is 12.3. The van der Waals surface area contributed by atoms with Crippen LogP contribution in [0.15, 0.2) is 0 Å². The highest BCUT2D eigenvalue weighted by molar-refractivity contribution is 5.80. The molecule has 0 saturated carbocycles. The van der Waals surface area contributed by atoms with Crippen molar-refractivity contribution in [1.82, 2.24) is 15.1 Å². The molecule has 3 atom stereocenters. The van der Waals surface area contributed by atoms with Crippen LogP contribution in [-0.4, -0.2) is 61.5 Å². The lowest BCUT2D eigenvalue weighted by molar-refractivity contribution is -0.134. The largest absolute Gasteiger partial charge is 0.341 e. The Labute approximate surface area is 98.0 Å². The van der Waals surface area contributed by atoms with E-state index in [9.17, 15) is 4.79 Å². The predicted molar refractivity (Wildman–Crippen MR) is 64.2 cm³/mol. The van der Waals surface area contributed by atoms with Gasteiger partial charge in [0.1, 0.15) is 0 Å². The minimum absolute atomic E-state index is 0.209. The van der Waals surface area contributed by atoms with Gasteiger partial charge in [-0.05, 0) is 40.4 Å². The first-order chi connectivity index (χ1) is 7.59. The predicted octanol–water partition coefficient (Wildman–Crippen LogP) is 0.147. The molecular weight excluding hydrogens is 202 g/mol. The number of hydrogen-bond acceptors (Lipinski definition) is 3. The molecular formula is C12H23N3O. The Hall–Kier alpha value is -0.610. The highest BCUT2D eigenvalue weighted by Gasteiger charge is 2.36. The number of nitrogens with zero attached hydrogens (tertiary/aromatic N) is 2. The summed E-state index contributed by atoms with van der Waals surface area (Å²) in [6, 6.07) is 0.902. The van der Waals surface area contributed by atoms with Gasteiger partial charge in [-0.25, -0.2) is 0 Å². The van der Waals surface area contributed by atoms with Crippen molar-refractivity contribution in [3.05, 3.63) is 0 Å². The molecule has 1 N–H and O–H groups in total. The van der Waals surface area contributed by atoms with Crippen LogP contribution in [0.1, 0.15) is 19.8 Å². The van der Waals surface area contributed by atoms with E-state index in [1.165, 1.54) is 0 Å². The number of hydrogen-bond donors (Lipinski definition) is 1. The van der Waals surface area contributed by atoms with Gasteiger partial charge in [0, 0.05) is 25.2 Å². The van der Waals surface area contributed by atoms with Gasteiger partial charge in [0.05, 0.1) is 5.92 Å². The summed E-state index contributed by atoms with van der Waals surface area (Å²) in [6.07, 6.45) is 2.12. The van der Waals surface area contributed by atoms with E-state index in [-0.39, 0.29) is 5.92 Å². The SMILES string of the molecule is CC1NCCC1C(=O)N1CCC(N(C)C)C1. The number of carbonyl (C=O) groups is 1. The lowest BCUT2D eigenvalue weighted by Gasteiger charge is -2.24. The van der Waals surface area contributed by atoms with E-state index in [4.69, 9.17) is 0 Å². The third-order valence-corrected chi connectivity index (χ3v) is 4.05. The topological polar surface area (TPSA) is 35.6 Å². The molecule has 2 heterocycles. The number of carbonyl (C=O) groups excluding carboxylic acids is 1. The maximum atomic E-state index is 12.3. The molecule has 0 spiro atoms. The van der Waals surface area contributed by atoms with E-state index in [1.807, 2.05) is 0 Å². The van der Waals surface area contributed by atoms with E-state index < -0.39 is 0 Å².